The second-order valence-corrected chi connectivity index (χ2v) is 4.28. The molecule has 1 aliphatic carbocycles. The first-order valence-electron chi connectivity index (χ1n) is 5.56. The molecule has 0 spiro atoms. The molecular weight excluding hydrogens is 242 g/mol. The fourth-order valence-electron chi connectivity index (χ4n) is 2.31. The summed E-state index contributed by atoms with van der Waals surface area (Å²) in [5.41, 5.74) is -0.521. The number of carbonyl (C=O) groups is 1. The predicted molar refractivity (Wildman–Crippen MR) is 59.7 cm³/mol. The molecule has 18 heavy (non-hydrogen) atoms. The fraction of sp³-hybridized carbons (Fsp3) is 0.231. The molecule has 0 atom stereocenters. The van der Waals surface area contributed by atoms with Gasteiger partial charge >= 0.3 is 5.63 Å². The smallest absolute Gasteiger partial charge is 0.343 e. The summed E-state index contributed by atoms with van der Waals surface area (Å²) < 4.78 is 31.4. The Labute approximate surface area is 100 Å². The monoisotopic (exact) mass is 250 g/mol. The second-order valence-electron chi connectivity index (χ2n) is 4.28. The third-order valence-corrected chi connectivity index (χ3v) is 3.13. The number of halogens is 2. The SMILES string of the molecule is O=C1CCCc2oc(=O)c3cc(F)c(F)cc3c21. The van der Waals surface area contributed by atoms with Crippen LogP contribution < -0.4 is 5.63 Å². The molecule has 0 saturated heterocycles. The van der Waals surface area contributed by atoms with E-state index in [0.29, 0.717) is 19.3 Å². The minimum atomic E-state index is -1.13. The van der Waals surface area contributed by atoms with Gasteiger partial charge < -0.3 is 4.42 Å². The van der Waals surface area contributed by atoms with E-state index >= 15 is 0 Å². The maximum atomic E-state index is 13.3. The predicted octanol–water partition coefficient (Wildman–Crippen LogP) is 2.59. The largest absolute Gasteiger partial charge is 0.427 e. The van der Waals surface area contributed by atoms with E-state index in [1.165, 1.54) is 0 Å². The van der Waals surface area contributed by atoms with Crippen molar-refractivity contribution in [2.45, 2.75) is 19.3 Å². The van der Waals surface area contributed by atoms with E-state index in [2.05, 4.69) is 0 Å². The number of carbonyl (C=O) groups excluding carboxylic acids is 1. The van der Waals surface area contributed by atoms with Crippen molar-refractivity contribution >= 4 is 16.6 Å². The first-order chi connectivity index (χ1) is 8.58. The van der Waals surface area contributed by atoms with Crippen LogP contribution in [-0.2, 0) is 6.42 Å². The molecule has 0 aliphatic heterocycles. The lowest BCUT2D eigenvalue weighted by Gasteiger charge is -2.14. The third kappa shape index (κ3) is 1.47. The Morgan fingerprint density at radius 1 is 1.00 bits per heavy atom. The van der Waals surface area contributed by atoms with E-state index < -0.39 is 17.3 Å². The van der Waals surface area contributed by atoms with E-state index in [-0.39, 0.29) is 27.9 Å². The molecule has 0 amide bonds. The summed E-state index contributed by atoms with van der Waals surface area (Å²) >= 11 is 0. The molecule has 5 heteroatoms. The van der Waals surface area contributed by atoms with Crippen LogP contribution in [0.4, 0.5) is 8.78 Å². The summed E-state index contributed by atoms with van der Waals surface area (Å²) in [5, 5.41) is 0.0488. The zero-order valence-electron chi connectivity index (χ0n) is 9.26. The number of ketones is 1. The topological polar surface area (TPSA) is 47.3 Å². The van der Waals surface area contributed by atoms with Gasteiger partial charge in [0.25, 0.3) is 0 Å². The minimum Gasteiger partial charge on any atom is -0.427 e. The van der Waals surface area contributed by atoms with Gasteiger partial charge in [-0.05, 0) is 18.6 Å². The molecule has 0 radical (unpaired) electrons. The van der Waals surface area contributed by atoms with Gasteiger partial charge in [0.05, 0.1) is 10.9 Å². The van der Waals surface area contributed by atoms with E-state index in [0.717, 1.165) is 12.1 Å². The number of hydrogen-bond acceptors (Lipinski definition) is 3. The number of fused-ring (bicyclic) bond motifs is 3. The second kappa shape index (κ2) is 3.73. The molecule has 1 heterocycles. The van der Waals surface area contributed by atoms with Gasteiger partial charge in [0.2, 0.25) is 0 Å². The number of Topliss-reactive ketones (excluding diaryl/α,β-unsaturated/α-hetero) is 1. The van der Waals surface area contributed by atoms with E-state index in [1.54, 1.807) is 0 Å². The average molecular weight is 250 g/mol. The average Bonchev–Trinajstić information content (AvgIpc) is 2.32. The summed E-state index contributed by atoms with van der Waals surface area (Å²) in [6, 6.07) is 1.67. The van der Waals surface area contributed by atoms with E-state index in [1.807, 2.05) is 0 Å². The van der Waals surface area contributed by atoms with Gasteiger partial charge in [0.15, 0.2) is 17.4 Å². The van der Waals surface area contributed by atoms with Crippen LogP contribution in [0.15, 0.2) is 21.3 Å². The van der Waals surface area contributed by atoms with Gasteiger partial charge in [-0.3, -0.25) is 4.79 Å². The molecule has 3 nitrogen and oxygen atoms in total. The van der Waals surface area contributed by atoms with Crippen molar-refractivity contribution in [1.82, 2.24) is 0 Å². The molecule has 1 aromatic carbocycles. The summed E-state index contributed by atoms with van der Waals surface area (Å²) in [6.45, 7) is 0. The molecule has 0 fully saturated rings. The molecule has 0 N–H and O–H groups in total. The third-order valence-electron chi connectivity index (χ3n) is 3.13. The fourth-order valence-corrected chi connectivity index (χ4v) is 2.31. The number of hydrogen-bond donors (Lipinski definition) is 0. The highest BCUT2D eigenvalue weighted by Gasteiger charge is 2.24. The van der Waals surface area contributed by atoms with Crippen LogP contribution in [0.2, 0.25) is 0 Å². The molecule has 0 saturated carbocycles. The summed E-state index contributed by atoms with van der Waals surface area (Å²) in [4.78, 5) is 23.5. The van der Waals surface area contributed by atoms with Crippen LogP contribution in [0.25, 0.3) is 10.8 Å². The van der Waals surface area contributed by atoms with Crippen molar-refractivity contribution in [2.75, 3.05) is 0 Å². The van der Waals surface area contributed by atoms with Gasteiger partial charge in [0, 0.05) is 18.2 Å². The lowest BCUT2D eigenvalue weighted by atomic mass is 9.92. The lowest BCUT2D eigenvalue weighted by Crippen LogP contribution is -2.16. The minimum absolute atomic E-state index is 0.0945. The molecule has 1 aromatic heterocycles. The van der Waals surface area contributed by atoms with Crippen molar-refractivity contribution < 1.29 is 18.0 Å². The van der Waals surface area contributed by atoms with Crippen LogP contribution in [-0.4, -0.2) is 5.78 Å². The maximum absolute atomic E-state index is 13.3. The van der Waals surface area contributed by atoms with Crippen LogP contribution in [0.1, 0.15) is 29.0 Å². The number of rotatable bonds is 0. The highest BCUT2D eigenvalue weighted by Crippen LogP contribution is 2.28. The van der Waals surface area contributed by atoms with Crippen molar-refractivity contribution in [3.05, 3.63) is 45.5 Å². The van der Waals surface area contributed by atoms with E-state index in [9.17, 15) is 18.4 Å². The van der Waals surface area contributed by atoms with Crippen molar-refractivity contribution in [3.63, 3.8) is 0 Å². The Hall–Kier alpha value is -2.04. The standard InChI is InChI=1S/C13H8F2O3/c14-8-4-6-7(5-9(8)15)13(17)18-11-3-1-2-10(16)12(6)11/h4-5H,1-3H2. The zero-order chi connectivity index (χ0) is 12.9. The highest BCUT2D eigenvalue weighted by molar-refractivity contribution is 6.09. The highest BCUT2D eigenvalue weighted by atomic mass is 19.2. The van der Waals surface area contributed by atoms with Gasteiger partial charge in [-0.15, -0.1) is 0 Å². The van der Waals surface area contributed by atoms with Crippen LogP contribution in [0.5, 0.6) is 0 Å². The normalized spacial score (nSPS) is 14.9. The van der Waals surface area contributed by atoms with Gasteiger partial charge in [-0.25, -0.2) is 13.6 Å². The van der Waals surface area contributed by atoms with Crippen LogP contribution in [0, 0.1) is 11.6 Å². The van der Waals surface area contributed by atoms with Crippen molar-refractivity contribution in [3.8, 4) is 0 Å². The maximum Gasteiger partial charge on any atom is 0.343 e. The van der Waals surface area contributed by atoms with Crippen LogP contribution in [0.3, 0.4) is 0 Å². The Balaban J connectivity index is 2.50. The van der Waals surface area contributed by atoms with Crippen molar-refractivity contribution in [1.29, 1.82) is 0 Å². The summed E-state index contributed by atoms with van der Waals surface area (Å²) in [6.07, 6.45) is 1.39. The first-order valence-corrected chi connectivity index (χ1v) is 5.56. The molecule has 2 aromatic rings. The van der Waals surface area contributed by atoms with Gasteiger partial charge in [-0.2, -0.15) is 0 Å². The summed E-state index contributed by atoms with van der Waals surface area (Å²) in [7, 11) is 0. The van der Waals surface area contributed by atoms with Gasteiger partial charge in [-0.1, -0.05) is 0 Å². The zero-order valence-corrected chi connectivity index (χ0v) is 9.26. The number of aryl methyl sites for hydroxylation is 1. The Morgan fingerprint density at radius 3 is 2.39 bits per heavy atom. The Morgan fingerprint density at radius 2 is 1.67 bits per heavy atom. The summed E-state index contributed by atoms with van der Waals surface area (Å²) in [5.74, 6) is -2.13. The molecule has 3 rings (SSSR count). The first kappa shape index (κ1) is 11.1. The molecule has 92 valence electrons. The molecule has 0 bridgehead atoms. The number of benzene rings is 1. The quantitative estimate of drug-likeness (QED) is 0.722. The lowest BCUT2D eigenvalue weighted by molar-refractivity contribution is 0.0968. The Kier molecular flexibility index (Phi) is 2.29. The molecule has 0 unspecified atom stereocenters. The Bertz CT molecular complexity index is 731. The van der Waals surface area contributed by atoms with Crippen molar-refractivity contribution in [2.24, 2.45) is 0 Å². The molecule has 1 aliphatic rings. The van der Waals surface area contributed by atoms with E-state index in [4.69, 9.17) is 4.42 Å². The van der Waals surface area contributed by atoms with Crippen LogP contribution >= 0.6 is 0 Å². The van der Waals surface area contributed by atoms with Gasteiger partial charge in [0.1, 0.15) is 5.76 Å². The molecular formula is C13H8F2O3.